The van der Waals surface area contributed by atoms with E-state index in [9.17, 15) is 4.39 Å². The third-order valence-corrected chi connectivity index (χ3v) is 5.65. The highest BCUT2D eigenvalue weighted by molar-refractivity contribution is 14.1. The molecule has 3 rings (SSSR count). The smallest absolute Gasteiger partial charge is 0.138 e. The van der Waals surface area contributed by atoms with Crippen LogP contribution in [-0.2, 0) is 18.8 Å². The van der Waals surface area contributed by atoms with Crippen LogP contribution in [-0.4, -0.2) is 9.55 Å². The summed E-state index contributed by atoms with van der Waals surface area (Å²) in [6, 6.07) is 7.58. The molecule has 0 saturated heterocycles. The van der Waals surface area contributed by atoms with Gasteiger partial charge in [-0.25, -0.2) is 9.37 Å². The largest absolute Gasteiger partial charge is 0.322 e. The molecule has 3 aromatic rings. The SMILES string of the molecule is CCc1ccc(Cn2c(CCl)nc3cc(I)c(F)cc32)s1. The lowest BCUT2D eigenvalue weighted by Gasteiger charge is -2.06. The first-order valence-corrected chi connectivity index (χ1v) is 9.03. The summed E-state index contributed by atoms with van der Waals surface area (Å²) < 4.78 is 16.4. The van der Waals surface area contributed by atoms with Crippen molar-refractivity contribution in [3.63, 3.8) is 0 Å². The molecule has 0 aliphatic rings. The molecule has 2 aromatic heterocycles. The summed E-state index contributed by atoms with van der Waals surface area (Å²) >= 11 is 9.77. The van der Waals surface area contributed by atoms with Crippen LogP contribution in [0.4, 0.5) is 4.39 Å². The van der Waals surface area contributed by atoms with Gasteiger partial charge in [-0.15, -0.1) is 22.9 Å². The molecule has 2 nitrogen and oxygen atoms in total. The lowest BCUT2D eigenvalue weighted by atomic mass is 10.3. The lowest BCUT2D eigenvalue weighted by molar-refractivity contribution is 0.621. The second-order valence-corrected chi connectivity index (χ2v) is 7.41. The fourth-order valence-corrected chi connectivity index (χ4v) is 3.90. The summed E-state index contributed by atoms with van der Waals surface area (Å²) in [5.74, 6) is 0.879. The Morgan fingerprint density at radius 3 is 2.76 bits per heavy atom. The molecule has 0 radical (unpaired) electrons. The number of rotatable bonds is 4. The predicted octanol–water partition coefficient (Wildman–Crippen LogP) is 5.19. The average molecular weight is 435 g/mol. The standard InChI is InChI=1S/C15H13ClFIN2S/c1-2-9-3-4-10(21-9)8-20-14-5-11(17)12(18)6-13(14)19-15(20)7-16/h3-6H,2,7-8H2,1H3. The van der Waals surface area contributed by atoms with Gasteiger partial charge in [-0.05, 0) is 47.2 Å². The number of hydrogen-bond acceptors (Lipinski definition) is 2. The van der Waals surface area contributed by atoms with Gasteiger partial charge >= 0.3 is 0 Å². The van der Waals surface area contributed by atoms with Gasteiger partial charge in [0.1, 0.15) is 11.6 Å². The molecule has 1 aromatic carbocycles. The normalized spacial score (nSPS) is 11.4. The minimum atomic E-state index is -0.217. The number of imidazole rings is 1. The summed E-state index contributed by atoms with van der Waals surface area (Å²) in [5.41, 5.74) is 1.60. The second-order valence-electron chi connectivity index (χ2n) is 4.72. The molecule has 6 heteroatoms. The van der Waals surface area contributed by atoms with E-state index in [2.05, 4.69) is 24.0 Å². The zero-order chi connectivity index (χ0) is 15.0. The summed E-state index contributed by atoms with van der Waals surface area (Å²) in [5, 5.41) is 0. The van der Waals surface area contributed by atoms with Gasteiger partial charge in [-0.3, -0.25) is 0 Å². The van der Waals surface area contributed by atoms with Crippen LogP contribution in [0, 0.1) is 9.39 Å². The Balaban J connectivity index is 2.09. The molecule has 0 amide bonds. The molecule has 0 bridgehead atoms. The fourth-order valence-electron chi connectivity index (χ4n) is 2.30. The molecule has 0 saturated carbocycles. The van der Waals surface area contributed by atoms with E-state index in [0.717, 1.165) is 23.3 Å². The second kappa shape index (κ2) is 6.22. The average Bonchev–Trinajstić information content (AvgIpc) is 3.05. The molecular formula is C15H13ClFIN2S. The Bertz CT molecular complexity index is 796. The van der Waals surface area contributed by atoms with E-state index in [4.69, 9.17) is 11.6 Å². The van der Waals surface area contributed by atoms with Gasteiger partial charge in [0.05, 0.1) is 27.0 Å². The lowest BCUT2D eigenvalue weighted by Crippen LogP contribution is -2.02. The summed E-state index contributed by atoms with van der Waals surface area (Å²) in [7, 11) is 0. The third-order valence-electron chi connectivity index (χ3n) is 3.37. The van der Waals surface area contributed by atoms with E-state index >= 15 is 0 Å². The van der Waals surface area contributed by atoms with Crippen LogP contribution in [0.15, 0.2) is 24.3 Å². The first-order chi connectivity index (χ1) is 10.1. The number of halogens is 3. The number of nitrogens with zero attached hydrogens (tertiary/aromatic N) is 2. The van der Waals surface area contributed by atoms with Gasteiger partial charge in [0, 0.05) is 15.8 Å². The molecule has 0 unspecified atom stereocenters. The quantitative estimate of drug-likeness (QED) is 0.408. The maximum atomic E-state index is 13.9. The van der Waals surface area contributed by atoms with E-state index < -0.39 is 0 Å². The number of hydrogen-bond donors (Lipinski definition) is 0. The number of aromatic nitrogens is 2. The highest BCUT2D eigenvalue weighted by Gasteiger charge is 2.14. The van der Waals surface area contributed by atoms with E-state index in [-0.39, 0.29) is 5.82 Å². The van der Waals surface area contributed by atoms with Crippen molar-refractivity contribution in [3.8, 4) is 0 Å². The van der Waals surface area contributed by atoms with Crippen molar-refractivity contribution in [1.82, 2.24) is 9.55 Å². The summed E-state index contributed by atoms with van der Waals surface area (Å²) in [4.78, 5) is 7.10. The molecule has 2 heterocycles. The van der Waals surface area contributed by atoms with Crippen LogP contribution in [0.2, 0.25) is 0 Å². The topological polar surface area (TPSA) is 17.8 Å². The minimum Gasteiger partial charge on any atom is -0.322 e. The molecule has 0 fully saturated rings. The zero-order valence-electron chi connectivity index (χ0n) is 11.4. The molecule has 110 valence electrons. The highest BCUT2D eigenvalue weighted by Crippen LogP contribution is 2.25. The van der Waals surface area contributed by atoms with E-state index in [1.54, 1.807) is 23.5 Å². The molecular weight excluding hydrogens is 422 g/mol. The number of fused-ring (bicyclic) bond motifs is 1. The van der Waals surface area contributed by atoms with Gasteiger partial charge in [0.25, 0.3) is 0 Å². The van der Waals surface area contributed by atoms with Crippen LogP contribution in [0.25, 0.3) is 11.0 Å². The number of alkyl halides is 1. The van der Waals surface area contributed by atoms with Crippen LogP contribution >= 0.6 is 45.5 Å². The monoisotopic (exact) mass is 434 g/mol. The molecule has 0 N–H and O–H groups in total. The van der Waals surface area contributed by atoms with Crippen molar-refractivity contribution in [2.45, 2.75) is 25.8 Å². The number of aryl methyl sites for hydroxylation is 1. The van der Waals surface area contributed by atoms with Crippen molar-refractivity contribution >= 4 is 56.6 Å². The van der Waals surface area contributed by atoms with E-state index in [1.165, 1.54) is 9.75 Å². The van der Waals surface area contributed by atoms with Crippen LogP contribution in [0.3, 0.4) is 0 Å². The Kier molecular flexibility index (Phi) is 4.51. The fraction of sp³-hybridized carbons (Fsp3) is 0.267. The van der Waals surface area contributed by atoms with Gasteiger partial charge in [-0.1, -0.05) is 6.92 Å². The highest BCUT2D eigenvalue weighted by atomic mass is 127. The zero-order valence-corrected chi connectivity index (χ0v) is 15.1. The summed E-state index contributed by atoms with van der Waals surface area (Å²) in [6.07, 6.45) is 1.03. The Morgan fingerprint density at radius 2 is 2.10 bits per heavy atom. The Hall–Kier alpha value is -0.660. The van der Waals surface area contributed by atoms with Crippen molar-refractivity contribution in [2.24, 2.45) is 0 Å². The van der Waals surface area contributed by atoms with Crippen LogP contribution < -0.4 is 0 Å². The Morgan fingerprint density at radius 1 is 1.33 bits per heavy atom. The number of benzene rings is 1. The van der Waals surface area contributed by atoms with E-state index in [0.29, 0.717) is 16.0 Å². The maximum Gasteiger partial charge on any atom is 0.138 e. The molecule has 0 spiro atoms. The summed E-state index contributed by atoms with van der Waals surface area (Å²) in [6.45, 7) is 2.83. The first-order valence-electron chi connectivity index (χ1n) is 6.60. The van der Waals surface area contributed by atoms with Gasteiger partial charge in [0.2, 0.25) is 0 Å². The van der Waals surface area contributed by atoms with E-state index in [1.807, 2.05) is 27.2 Å². The van der Waals surface area contributed by atoms with Crippen molar-refractivity contribution in [2.75, 3.05) is 0 Å². The molecule has 0 aliphatic carbocycles. The maximum absolute atomic E-state index is 13.9. The molecule has 0 aliphatic heterocycles. The Labute approximate surface area is 145 Å². The van der Waals surface area contributed by atoms with Crippen molar-refractivity contribution in [3.05, 3.63) is 49.2 Å². The van der Waals surface area contributed by atoms with Gasteiger partial charge in [-0.2, -0.15) is 0 Å². The van der Waals surface area contributed by atoms with Crippen molar-refractivity contribution < 1.29 is 4.39 Å². The first kappa shape index (κ1) is 15.2. The minimum absolute atomic E-state index is 0.217. The van der Waals surface area contributed by atoms with Crippen molar-refractivity contribution in [1.29, 1.82) is 0 Å². The van der Waals surface area contributed by atoms with Crippen LogP contribution in [0.1, 0.15) is 22.5 Å². The van der Waals surface area contributed by atoms with Gasteiger partial charge < -0.3 is 4.57 Å². The third kappa shape index (κ3) is 2.96. The molecule has 0 atom stereocenters. The molecule has 21 heavy (non-hydrogen) atoms. The number of thiophene rings is 1. The van der Waals surface area contributed by atoms with Crippen LogP contribution in [0.5, 0.6) is 0 Å². The van der Waals surface area contributed by atoms with Gasteiger partial charge in [0.15, 0.2) is 0 Å². The predicted molar refractivity (Wildman–Crippen MR) is 94.8 cm³/mol.